The number of fused-ring (bicyclic) bond motifs is 1. The molecule has 1 aliphatic rings. The zero-order valence-corrected chi connectivity index (χ0v) is 18.1. The van der Waals surface area contributed by atoms with Crippen LogP contribution in [0.25, 0.3) is 10.9 Å². The first-order valence-electron chi connectivity index (χ1n) is 10.1. The molecule has 2 atom stereocenters. The van der Waals surface area contributed by atoms with E-state index >= 15 is 0 Å². The van der Waals surface area contributed by atoms with E-state index in [2.05, 4.69) is 55.4 Å². The number of nitrogens with zero attached hydrogens (tertiary/aromatic N) is 1. The van der Waals surface area contributed by atoms with Crippen molar-refractivity contribution in [2.24, 2.45) is 0 Å². The van der Waals surface area contributed by atoms with Gasteiger partial charge < -0.3 is 15.0 Å². The second-order valence-corrected chi connectivity index (χ2v) is 8.40. The molecule has 0 radical (unpaired) electrons. The molecule has 1 amide bonds. The van der Waals surface area contributed by atoms with Gasteiger partial charge in [-0.1, -0.05) is 46.3 Å². The monoisotopic (exact) mass is 455 g/mol. The summed E-state index contributed by atoms with van der Waals surface area (Å²) in [5.74, 6) is 0.0706. The van der Waals surface area contributed by atoms with Gasteiger partial charge in [0.2, 0.25) is 5.91 Å². The molecule has 4 rings (SSSR count). The average Bonchev–Trinajstić information content (AvgIpc) is 3.17. The van der Waals surface area contributed by atoms with Gasteiger partial charge >= 0.3 is 0 Å². The Balaban J connectivity index is 1.30. The number of para-hydroxylation sites is 1. The fourth-order valence-electron chi connectivity index (χ4n) is 3.87. The molecule has 1 fully saturated rings. The Kier molecular flexibility index (Phi) is 6.33. The minimum Gasteiger partial charge on any atom is -0.371 e. The molecule has 6 heteroatoms. The minimum absolute atomic E-state index is 0.00156. The predicted octanol–water partition coefficient (Wildman–Crippen LogP) is 4.05. The van der Waals surface area contributed by atoms with Gasteiger partial charge in [0.15, 0.2) is 0 Å². The number of rotatable bonds is 6. The molecule has 0 spiro atoms. The molecule has 0 aliphatic carbocycles. The molecule has 1 aliphatic heterocycles. The molecular weight excluding hydrogens is 430 g/mol. The quantitative estimate of drug-likeness (QED) is 0.589. The van der Waals surface area contributed by atoms with E-state index in [4.69, 9.17) is 4.74 Å². The zero-order chi connectivity index (χ0) is 20.2. The predicted molar refractivity (Wildman–Crippen MR) is 119 cm³/mol. The number of H-pyrrole nitrogens is 1. The van der Waals surface area contributed by atoms with Crippen LogP contribution in [0.2, 0.25) is 0 Å². The number of halogens is 1. The number of hydrogen-bond acceptors (Lipinski definition) is 3. The van der Waals surface area contributed by atoms with Crippen molar-refractivity contribution in [2.45, 2.75) is 25.5 Å². The Morgan fingerprint density at radius 1 is 1.28 bits per heavy atom. The molecule has 2 heterocycles. The van der Waals surface area contributed by atoms with Gasteiger partial charge in [-0.05, 0) is 42.7 Å². The topological polar surface area (TPSA) is 57.4 Å². The number of hydrogen-bond donors (Lipinski definition) is 2. The van der Waals surface area contributed by atoms with Crippen LogP contribution in [0.5, 0.6) is 0 Å². The maximum absolute atomic E-state index is 12.7. The van der Waals surface area contributed by atoms with Gasteiger partial charge in [-0.3, -0.25) is 9.69 Å². The lowest BCUT2D eigenvalue weighted by Gasteiger charge is -2.36. The first-order chi connectivity index (χ1) is 14.1. The summed E-state index contributed by atoms with van der Waals surface area (Å²) in [6, 6.07) is 16.3. The van der Waals surface area contributed by atoms with Crippen LogP contribution in [0, 0.1) is 0 Å². The van der Waals surface area contributed by atoms with Gasteiger partial charge in [-0.25, -0.2) is 0 Å². The number of amides is 1. The van der Waals surface area contributed by atoms with Crippen LogP contribution in [0.1, 0.15) is 24.2 Å². The minimum atomic E-state index is -0.181. The van der Waals surface area contributed by atoms with Crippen LogP contribution in [0.15, 0.2) is 59.2 Å². The van der Waals surface area contributed by atoms with E-state index in [9.17, 15) is 4.79 Å². The number of ether oxygens (including phenoxy) is 1. The summed E-state index contributed by atoms with van der Waals surface area (Å²) in [5.41, 5.74) is 3.51. The van der Waals surface area contributed by atoms with E-state index in [-0.39, 0.29) is 18.1 Å². The molecule has 3 aromatic rings. The summed E-state index contributed by atoms with van der Waals surface area (Å²) in [4.78, 5) is 18.2. The van der Waals surface area contributed by atoms with Gasteiger partial charge in [0.05, 0.1) is 18.8 Å². The lowest BCUT2D eigenvalue weighted by Crippen LogP contribution is -2.50. The highest BCUT2D eigenvalue weighted by molar-refractivity contribution is 9.10. The third-order valence-electron chi connectivity index (χ3n) is 5.64. The Hall–Kier alpha value is -2.15. The molecular formula is C23H26BrN3O2. The van der Waals surface area contributed by atoms with Crippen molar-refractivity contribution in [3.05, 3.63) is 70.3 Å². The Morgan fingerprint density at radius 2 is 2.07 bits per heavy atom. The van der Waals surface area contributed by atoms with Gasteiger partial charge in [-0.15, -0.1) is 0 Å². The molecule has 0 bridgehead atoms. The van der Waals surface area contributed by atoms with Crippen molar-refractivity contribution >= 4 is 32.7 Å². The highest BCUT2D eigenvalue weighted by Crippen LogP contribution is 2.25. The van der Waals surface area contributed by atoms with Crippen LogP contribution in [0.3, 0.4) is 0 Å². The second-order valence-electron chi connectivity index (χ2n) is 7.48. The van der Waals surface area contributed by atoms with Crippen molar-refractivity contribution in [1.29, 1.82) is 0 Å². The highest BCUT2D eigenvalue weighted by Gasteiger charge is 2.28. The van der Waals surface area contributed by atoms with Crippen LogP contribution < -0.4 is 5.32 Å². The third kappa shape index (κ3) is 4.71. The smallest absolute Gasteiger partial charge is 0.237 e. The number of aromatic nitrogens is 1. The molecule has 1 saturated heterocycles. The van der Waals surface area contributed by atoms with Gasteiger partial charge in [-0.2, -0.15) is 0 Å². The first-order valence-corrected chi connectivity index (χ1v) is 10.8. The zero-order valence-electron chi connectivity index (χ0n) is 16.5. The molecule has 152 valence electrons. The number of morpholine rings is 1. The SMILES string of the molecule is CC(C(=O)NCCc1c[nH]c2ccccc12)N1CCOC(c2ccc(Br)cc2)C1. The van der Waals surface area contributed by atoms with E-state index in [1.165, 1.54) is 10.9 Å². The van der Waals surface area contributed by atoms with Gasteiger partial charge in [0, 0.05) is 41.2 Å². The summed E-state index contributed by atoms with van der Waals surface area (Å²) in [6.07, 6.45) is 2.84. The number of nitrogens with one attached hydrogen (secondary N) is 2. The maximum atomic E-state index is 12.7. The van der Waals surface area contributed by atoms with Crippen LogP contribution in [0.4, 0.5) is 0 Å². The molecule has 0 saturated carbocycles. The Bertz CT molecular complexity index is 970. The van der Waals surface area contributed by atoms with Crippen molar-refractivity contribution in [3.63, 3.8) is 0 Å². The van der Waals surface area contributed by atoms with Crippen LogP contribution in [-0.4, -0.2) is 48.1 Å². The fraction of sp³-hybridized carbons (Fsp3) is 0.348. The summed E-state index contributed by atoms with van der Waals surface area (Å²) < 4.78 is 7.00. The number of carbonyl (C=O) groups excluding carboxylic acids is 1. The van der Waals surface area contributed by atoms with Crippen LogP contribution >= 0.6 is 15.9 Å². The van der Waals surface area contributed by atoms with Crippen molar-refractivity contribution in [3.8, 4) is 0 Å². The fourth-order valence-corrected chi connectivity index (χ4v) is 4.14. The first kappa shape index (κ1) is 20.1. The summed E-state index contributed by atoms with van der Waals surface area (Å²) in [5, 5.41) is 4.33. The van der Waals surface area contributed by atoms with Gasteiger partial charge in [0.1, 0.15) is 0 Å². The number of carbonyl (C=O) groups is 1. The van der Waals surface area contributed by atoms with E-state index in [0.29, 0.717) is 13.2 Å². The highest BCUT2D eigenvalue weighted by atomic mass is 79.9. The third-order valence-corrected chi connectivity index (χ3v) is 6.16. The maximum Gasteiger partial charge on any atom is 0.237 e. The largest absolute Gasteiger partial charge is 0.371 e. The molecule has 2 N–H and O–H groups in total. The van der Waals surface area contributed by atoms with Crippen molar-refractivity contribution < 1.29 is 9.53 Å². The second kappa shape index (κ2) is 9.11. The molecule has 2 unspecified atom stereocenters. The van der Waals surface area contributed by atoms with E-state index in [0.717, 1.165) is 35.1 Å². The van der Waals surface area contributed by atoms with Crippen molar-refractivity contribution in [1.82, 2.24) is 15.2 Å². The molecule has 2 aromatic carbocycles. The van der Waals surface area contributed by atoms with E-state index < -0.39 is 0 Å². The molecule has 1 aromatic heterocycles. The normalized spacial score (nSPS) is 18.6. The van der Waals surface area contributed by atoms with Gasteiger partial charge in [0.25, 0.3) is 0 Å². The number of aromatic amines is 1. The van der Waals surface area contributed by atoms with E-state index in [1.807, 2.05) is 37.4 Å². The Morgan fingerprint density at radius 3 is 2.90 bits per heavy atom. The lowest BCUT2D eigenvalue weighted by molar-refractivity contribution is -0.129. The summed E-state index contributed by atoms with van der Waals surface area (Å²) in [7, 11) is 0. The summed E-state index contributed by atoms with van der Waals surface area (Å²) in [6.45, 7) is 4.73. The molecule has 29 heavy (non-hydrogen) atoms. The lowest BCUT2D eigenvalue weighted by atomic mass is 10.1. The number of benzene rings is 2. The standard InChI is InChI=1S/C23H26BrN3O2/c1-16(27-12-13-29-22(15-27)17-6-8-19(24)9-7-17)23(28)25-11-10-18-14-26-21-5-3-2-4-20(18)21/h2-9,14,16,22,26H,10-13,15H2,1H3,(H,25,28). The summed E-state index contributed by atoms with van der Waals surface area (Å²) >= 11 is 3.47. The van der Waals surface area contributed by atoms with E-state index in [1.54, 1.807) is 0 Å². The van der Waals surface area contributed by atoms with Crippen LogP contribution in [-0.2, 0) is 16.0 Å². The Labute approximate surface area is 179 Å². The van der Waals surface area contributed by atoms with Crippen molar-refractivity contribution in [2.75, 3.05) is 26.2 Å². The molecule has 5 nitrogen and oxygen atoms in total. The average molecular weight is 456 g/mol.